The van der Waals surface area contributed by atoms with Gasteiger partial charge in [-0.1, -0.05) is 30.3 Å². The number of hydrogen-bond donors (Lipinski definition) is 1. The molecule has 1 N–H and O–H groups in total. The quantitative estimate of drug-likeness (QED) is 0.743. The third-order valence-electron chi connectivity index (χ3n) is 2.63. The molecular formula is C14H22NO5P. The number of carbonyl (C=O) groups excluding carboxylic acids is 1. The molecule has 0 fully saturated rings. The zero-order valence-electron chi connectivity index (χ0n) is 12.6. The molecule has 1 amide bonds. The lowest BCUT2D eigenvalue weighted by atomic mass is 10.2. The number of nitrogens with one attached hydrogen (secondary N) is 1. The molecule has 0 radical (unpaired) electrons. The van der Waals surface area contributed by atoms with Crippen molar-refractivity contribution in [2.24, 2.45) is 0 Å². The summed E-state index contributed by atoms with van der Waals surface area (Å²) in [5, 5.41) is 2.49. The van der Waals surface area contributed by atoms with Gasteiger partial charge in [-0.2, -0.15) is 0 Å². The molecule has 21 heavy (non-hydrogen) atoms. The van der Waals surface area contributed by atoms with Crippen molar-refractivity contribution in [1.29, 1.82) is 0 Å². The first kappa shape index (κ1) is 17.7. The largest absolute Gasteiger partial charge is 0.445 e. The Morgan fingerprint density at radius 1 is 1.19 bits per heavy atom. The van der Waals surface area contributed by atoms with Gasteiger partial charge in [0.2, 0.25) is 0 Å². The fourth-order valence-electron chi connectivity index (χ4n) is 1.64. The van der Waals surface area contributed by atoms with E-state index < -0.39 is 19.5 Å². The highest BCUT2D eigenvalue weighted by atomic mass is 31.2. The molecule has 0 aliphatic rings. The number of amides is 1. The summed E-state index contributed by atoms with van der Waals surface area (Å²) in [5.74, 6) is -0.777. The number of alkyl carbamates (subject to hydrolysis) is 1. The molecule has 1 aromatic carbocycles. The van der Waals surface area contributed by atoms with Crippen LogP contribution in [0.1, 0.15) is 26.3 Å². The van der Waals surface area contributed by atoms with Gasteiger partial charge in [0.15, 0.2) is 0 Å². The Morgan fingerprint density at radius 2 is 1.76 bits per heavy atom. The van der Waals surface area contributed by atoms with E-state index in [1.165, 1.54) is 0 Å². The summed E-state index contributed by atoms with van der Waals surface area (Å²) < 4.78 is 27.8. The first-order valence-corrected chi connectivity index (χ1v) is 8.49. The topological polar surface area (TPSA) is 73.9 Å². The number of benzene rings is 1. The molecule has 6 nitrogen and oxygen atoms in total. The van der Waals surface area contributed by atoms with E-state index in [0.29, 0.717) is 0 Å². The molecule has 1 aromatic rings. The monoisotopic (exact) mass is 315 g/mol. The van der Waals surface area contributed by atoms with E-state index in [1.807, 2.05) is 30.3 Å². The van der Waals surface area contributed by atoms with Crippen LogP contribution in [0.4, 0.5) is 4.79 Å². The Morgan fingerprint density at radius 3 is 2.29 bits per heavy atom. The first-order valence-electron chi connectivity index (χ1n) is 6.87. The Labute approximate surface area is 125 Å². The van der Waals surface area contributed by atoms with E-state index in [0.717, 1.165) is 5.56 Å². The minimum Gasteiger partial charge on any atom is -0.445 e. The molecule has 1 rings (SSSR count). The summed E-state index contributed by atoms with van der Waals surface area (Å²) in [6, 6.07) is 9.30. The van der Waals surface area contributed by atoms with Gasteiger partial charge in [-0.05, 0) is 26.3 Å². The van der Waals surface area contributed by atoms with Gasteiger partial charge in [-0.3, -0.25) is 4.57 Å². The molecule has 0 saturated carbocycles. The van der Waals surface area contributed by atoms with E-state index in [4.69, 9.17) is 13.8 Å². The zero-order valence-corrected chi connectivity index (χ0v) is 13.5. The summed E-state index contributed by atoms with van der Waals surface area (Å²) in [4.78, 5) is 11.7. The highest BCUT2D eigenvalue weighted by Gasteiger charge is 2.33. The highest BCUT2D eigenvalue weighted by Crippen LogP contribution is 2.51. The SMILES string of the molecule is CCOP(=O)(OCC)C(C)NC(=O)OCc1ccccc1. The third-order valence-corrected chi connectivity index (χ3v) is 4.95. The predicted molar refractivity (Wildman–Crippen MR) is 80.1 cm³/mol. The van der Waals surface area contributed by atoms with Crippen LogP contribution in [-0.2, 0) is 25.0 Å². The van der Waals surface area contributed by atoms with Gasteiger partial charge in [-0.25, -0.2) is 4.79 Å². The smallest absolute Gasteiger partial charge is 0.408 e. The fourth-order valence-corrected chi connectivity index (χ4v) is 3.14. The fraction of sp³-hybridized carbons (Fsp3) is 0.500. The number of hydrogen-bond acceptors (Lipinski definition) is 5. The van der Waals surface area contributed by atoms with Crippen LogP contribution in [0.2, 0.25) is 0 Å². The van der Waals surface area contributed by atoms with Gasteiger partial charge in [0.1, 0.15) is 12.4 Å². The van der Waals surface area contributed by atoms with Crippen molar-refractivity contribution in [3.8, 4) is 0 Å². The van der Waals surface area contributed by atoms with Crippen LogP contribution in [0.25, 0.3) is 0 Å². The molecular weight excluding hydrogens is 293 g/mol. The van der Waals surface area contributed by atoms with Crippen molar-refractivity contribution >= 4 is 13.7 Å². The number of carbonyl (C=O) groups is 1. The molecule has 0 aliphatic carbocycles. The van der Waals surface area contributed by atoms with Crippen molar-refractivity contribution in [3.05, 3.63) is 35.9 Å². The van der Waals surface area contributed by atoms with Gasteiger partial charge in [0, 0.05) is 0 Å². The molecule has 118 valence electrons. The Hall–Kier alpha value is -1.36. The summed E-state index contributed by atoms with van der Waals surface area (Å²) >= 11 is 0. The molecule has 0 bridgehead atoms. The van der Waals surface area contributed by atoms with Gasteiger partial charge in [0.25, 0.3) is 0 Å². The maximum atomic E-state index is 12.4. The highest BCUT2D eigenvalue weighted by molar-refractivity contribution is 7.54. The summed E-state index contributed by atoms with van der Waals surface area (Å²) in [5.41, 5.74) is 0.873. The summed E-state index contributed by atoms with van der Waals surface area (Å²) in [7, 11) is -3.37. The minimum atomic E-state index is -3.37. The molecule has 0 aromatic heterocycles. The van der Waals surface area contributed by atoms with Crippen LogP contribution in [-0.4, -0.2) is 25.1 Å². The average molecular weight is 315 g/mol. The van der Waals surface area contributed by atoms with Crippen LogP contribution in [0.15, 0.2) is 30.3 Å². The molecule has 0 heterocycles. The average Bonchev–Trinajstić information content (AvgIpc) is 2.46. The normalized spacial score (nSPS) is 12.7. The van der Waals surface area contributed by atoms with Gasteiger partial charge in [0.05, 0.1) is 13.2 Å². The standard InChI is InChI=1S/C14H22NO5P/c1-4-19-21(17,20-5-2)12(3)15-14(16)18-11-13-9-7-6-8-10-13/h6-10,12H,4-5,11H2,1-3H3,(H,15,16). The first-order chi connectivity index (χ1) is 10.0. The molecule has 0 aliphatic heterocycles. The molecule has 7 heteroatoms. The third kappa shape index (κ3) is 5.87. The van der Waals surface area contributed by atoms with E-state index in [2.05, 4.69) is 5.32 Å². The summed E-state index contributed by atoms with van der Waals surface area (Å²) in [6.45, 7) is 5.62. The molecule has 1 unspecified atom stereocenters. The number of ether oxygens (including phenoxy) is 1. The predicted octanol–water partition coefficient (Wildman–Crippen LogP) is 3.52. The van der Waals surface area contributed by atoms with E-state index in [-0.39, 0.29) is 19.8 Å². The van der Waals surface area contributed by atoms with Crippen molar-refractivity contribution in [2.75, 3.05) is 13.2 Å². The Balaban J connectivity index is 2.50. The zero-order chi connectivity index (χ0) is 15.7. The lowest BCUT2D eigenvalue weighted by Crippen LogP contribution is -2.34. The van der Waals surface area contributed by atoms with E-state index in [1.54, 1.807) is 20.8 Å². The molecule has 1 atom stereocenters. The Bertz CT molecular complexity index is 470. The van der Waals surface area contributed by atoms with Gasteiger partial charge >= 0.3 is 13.7 Å². The van der Waals surface area contributed by atoms with Crippen LogP contribution >= 0.6 is 7.60 Å². The second-order valence-corrected chi connectivity index (χ2v) is 6.63. The van der Waals surface area contributed by atoms with Crippen molar-refractivity contribution in [2.45, 2.75) is 33.2 Å². The number of rotatable bonds is 8. The minimum absolute atomic E-state index is 0.146. The van der Waals surface area contributed by atoms with Gasteiger partial charge < -0.3 is 19.1 Å². The van der Waals surface area contributed by atoms with Crippen LogP contribution < -0.4 is 5.32 Å². The lowest BCUT2D eigenvalue weighted by molar-refractivity contribution is 0.135. The van der Waals surface area contributed by atoms with E-state index >= 15 is 0 Å². The summed E-state index contributed by atoms with van der Waals surface area (Å²) in [6.07, 6.45) is -0.661. The molecule has 0 saturated heterocycles. The van der Waals surface area contributed by atoms with Crippen molar-refractivity contribution in [3.63, 3.8) is 0 Å². The van der Waals surface area contributed by atoms with Crippen molar-refractivity contribution in [1.82, 2.24) is 5.32 Å². The van der Waals surface area contributed by atoms with E-state index in [9.17, 15) is 9.36 Å². The van der Waals surface area contributed by atoms with Crippen LogP contribution in [0, 0.1) is 0 Å². The maximum Gasteiger partial charge on any atom is 0.408 e. The maximum absolute atomic E-state index is 12.4. The molecule has 0 spiro atoms. The van der Waals surface area contributed by atoms with Crippen LogP contribution in [0.5, 0.6) is 0 Å². The van der Waals surface area contributed by atoms with Gasteiger partial charge in [-0.15, -0.1) is 0 Å². The van der Waals surface area contributed by atoms with Crippen molar-refractivity contribution < 1.29 is 23.1 Å². The lowest BCUT2D eigenvalue weighted by Gasteiger charge is -2.23. The van der Waals surface area contributed by atoms with Crippen LogP contribution in [0.3, 0.4) is 0 Å². The second-order valence-electron chi connectivity index (χ2n) is 4.26. The Kier molecular flexibility index (Phi) is 7.43. The second kappa shape index (κ2) is 8.82.